The average molecular weight is 383 g/mol. The van der Waals surface area contributed by atoms with Gasteiger partial charge in [0.05, 0.1) is 23.9 Å². The molecule has 1 aliphatic rings. The highest BCUT2D eigenvalue weighted by Gasteiger charge is 2.18. The van der Waals surface area contributed by atoms with E-state index < -0.39 is 10.0 Å². The summed E-state index contributed by atoms with van der Waals surface area (Å²) in [6, 6.07) is 12.2. The van der Waals surface area contributed by atoms with Crippen molar-refractivity contribution >= 4 is 15.7 Å². The van der Waals surface area contributed by atoms with Gasteiger partial charge in [0, 0.05) is 24.2 Å². The molecule has 0 unspecified atom stereocenters. The standard InChI is InChI=1S/C20H21N3O3S/c1-14-11-17(8-9-19(14)26-2)27(24,25)22-16-6-3-5-15(12-16)18-13-21-20-7-4-10-23(18)20/h3,5-6,8-9,11-13,22H,4,7,10H2,1-2H3. The van der Waals surface area contributed by atoms with Crippen LogP contribution in [0.5, 0.6) is 5.75 Å². The van der Waals surface area contributed by atoms with Gasteiger partial charge in [-0.25, -0.2) is 13.4 Å². The van der Waals surface area contributed by atoms with Crippen LogP contribution in [-0.4, -0.2) is 25.1 Å². The molecule has 0 fully saturated rings. The van der Waals surface area contributed by atoms with E-state index in [1.807, 2.05) is 31.3 Å². The molecule has 140 valence electrons. The van der Waals surface area contributed by atoms with Crippen molar-refractivity contribution in [2.45, 2.75) is 31.2 Å². The number of aryl methyl sites for hydroxylation is 2. The fraction of sp³-hybridized carbons (Fsp3) is 0.250. The molecule has 0 atom stereocenters. The summed E-state index contributed by atoms with van der Waals surface area (Å²) in [6.07, 6.45) is 3.94. The van der Waals surface area contributed by atoms with Crippen molar-refractivity contribution < 1.29 is 13.2 Å². The van der Waals surface area contributed by atoms with E-state index in [4.69, 9.17) is 4.74 Å². The zero-order valence-corrected chi connectivity index (χ0v) is 16.1. The van der Waals surface area contributed by atoms with E-state index in [1.54, 1.807) is 31.4 Å². The minimum Gasteiger partial charge on any atom is -0.496 e. The van der Waals surface area contributed by atoms with Gasteiger partial charge >= 0.3 is 0 Å². The predicted molar refractivity (Wildman–Crippen MR) is 105 cm³/mol. The molecule has 3 aromatic rings. The molecular weight excluding hydrogens is 362 g/mol. The maximum absolute atomic E-state index is 12.8. The van der Waals surface area contributed by atoms with Crippen molar-refractivity contribution in [3.63, 3.8) is 0 Å². The number of ether oxygens (including phenoxy) is 1. The smallest absolute Gasteiger partial charge is 0.261 e. The lowest BCUT2D eigenvalue weighted by molar-refractivity contribution is 0.411. The lowest BCUT2D eigenvalue weighted by Crippen LogP contribution is -2.13. The maximum atomic E-state index is 12.8. The Morgan fingerprint density at radius 3 is 2.81 bits per heavy atom. The van der Waals surface area contributed by atoms with Crippen molar-refractivity contribution in [2.75, 3.05) is 11.8 Å². The summed E-state index contributed by atoms with van der Waals surface area (Å²) in [4.78, 5) is 4.67. The molecule has 0 bridgehead atoms. The molecule has 0 aliphatic carbocycles. The van der Waals surface area contributed by atoms with Crippen molar-refractivity contribution in [1.82, 2.24) is 9.55 Å². The molecule has 2 heterocycles. The number of imidazole rings is 1. The van der Waals surface area contributed by atoms with Crippen LogP contribution >= 0.6 is 0 Å². The second-order valence-corrected chi connectivity index (χ2v) is 8.31. The molecule has 4 rings (SSSR count). The van der Waals surface area contributed by atoms with E-state index in [9.17, 15) is 8.42 Å². The molecule has 1 N–H and O–H groups in total. The van der Waals surface area contributed by atoms with Crippen molar-refractivity contribution in [3.05, 3.63) is 60.0 Å². The molecular formula is C20H21N3O3S. The number of nitrogens with one attached hydrogen (secondary N) is 1. The minimum absolute atomic E-state index is 0.205. The van der Waals surface area contributed by atoms with Gasteiger partial charge in [-0.05, 0) is 49.2 Å². The number of fused-ring (bicyclic) bond motifs is 1. The zero-order chi connectivity index (χ0) is 19.0. The summed E-state index contributed by atoms with van der Waals surface area (Å²) in [5.74, 6) is 1.75. The zero-order valence-electron chi connectivity index (χ0n) is 15.3. The van der Waals surface area contributed by atoms with Crippen LogP contribution in [0.15, 0.2) is 53.6 Å². The Hall–Kier alpha value is -2.80. The molecule has 0 amide bonds. The van der Waals surface area contributed by atoms with Gasteiger partial charge in [-0.3, -0.25) is 4.72 Å². The average Bonchev–Trinajstić information content (AvgIpc) is 3.25. The molecule has 2 aromatic carbocycles. The third kappa shape index (κ3) is 3.30. The largest absolute Gasteiger partial charge is 0.496 e. The summed E-state index contributed by atoms with van der Waals surface area (Å²) in [5, 5.41) is 0. The van der Waals surface area contributed by atoms with Crippen molar-refractivity contribution in [2.24, 2.45) is 0 Å². The number of anilines is 1. The lowest BCUT2D eigenvalue weighted by atomic mass is 10.1. The van der Waals surface area contributed by atoms with Crippen molar-refractivity contribution in [3.8, 4) is 17.0 Å². The quantitative estimate of drug-likeness (QED) is 0.730. The Balaban J connectivity index is 1.63. The topological polar surface area (TPSA) is 73.2 Å². The second kappa shape index (κ2) is 6.74. The molecule has 7 heteroatoms. The summed E-state index contributed by atoms with van der Waals surface area (Å²) in [5.41, 5.74) is 3.25. The number of methoxy groups -OCH3 is 1. The lowest BCUT2D eigenvalue weighted by Gasteiger charge is -2.12. The van der Waals surface area contributed by atoms with E-state index >= 15 is 0 Å². The second-order valence-electron chi connectivity index (χ2n) is 6.63. The highest BCUT2D eigenvalue weighted by atomic mass is 32.2. The predicted octanol–water partition coefficient (Wildman–Crippen LogP) is 3.61. The molecule has 1 aromatic heterocycles. The van der Waals surface area contributed by atoms with Crippen LogP contribution in [0, 0.1) is 6.92 Å². The Kier molecular flexibility index (Phi) is 4.39. The van der Waals surface area contributed by atoms with Crippen LogP contribution in [0.1, 0.15) is 17.8 Å². The Labute approximate surface area is 158 Å². The minimum atomic E-state index is -3.69. The summed E-state index contributed by atoms with van der Waals surface area (Å²) in [6.45, 7) is 2.77. The van der Waals surface area contributed by atoms with Gasteiger partial charge in [0.2, 0.25) is 0 Å². The third-order valence-corrected chi connectivity index (χ3v) is 6.19. The van der Waals surface area contributed by atoms with Gasteiger partial charge in [-0.1, -0.05) is 12.1 Å². The van der Waals surface area contributed by atoms with Crippen molar-refractivity contribution in [1.29, 1.82) is 0 Å². The highest BCUT2D eigenvalue weighted by Crippen LogP contribution is 2.29. The van der Waals surface area contributed by atoms with Gasteiger partial charge in [0.1, 0.15) is 11.6 Å². The summed E-state index contributed by atoms with van der Waals surface area (Å²) in [7, 11) is -2.12. The van der Waals surface area contributed by atoms with Gasteiger partial charge < -0.3 is 9.30 Å². The van der Waals surface area contributed by atoms with Gasteiger partial charge in [0.15, 0.2) is 0 Å². The van der Waals surface area contributed by atoms with Crippen LogP contribution < -0.4 is 9.46 Å². The van der Waals surface area contributed by atoms with E-state index in [0.29, 0.717) is 11.4 Å². The summed E-state index contributed by atoms with van der Waals surface area (Å²) >= 11 is 0. The molecule has 0 saturated heterocycles. The molecule has 0 spiro atoms. The highest BCUT2D eigenvalue weighted by molar-refractivity contribution is 7.92. The first-order valence-electron chi connectivity index (χ1n) is 8.80. The van der Waals surface area contributed by atoms with Crippen LogP contribution in [0.4, 0.5) is 5.69 Å². The van der Waals surface area contributed by atoms with E-state index in [-0.39, 0.29) is 4.90 Å². The number of sulfonamides is 1. The first kappa shape index (κ1) is 17.6. The monoisotopic (exact) mass is 383 g/mol. The number of aromatic nitrogens is 2. The molecule has 1 aliphatic heterocycles. The number of benzene rings is 2. The number of hydrogen-bond acceptors (Lipinski definition) is 4. The molecule has 0 radical (unpaired) electrons. The Morgan fingerprint density at radius 1 is 1.19 bits per heavy atom. The molecule has 27 heavy (non-hydrogen) atoms. The first-order chi connectivity index (χ1) is 13.0. The third-order valence-electron chi connectivity index (χ3n) is 4.81. The number of rotatable bonds is 5. The SMILES string of the molecule is COc1ccc(S(=O)(=O)Nc2cccc(-c3cnc4n3CCC4)c2)cc1C. The fourth-order valence-electron chi connectivity index (χ4n) is 3.46. The maximum Gasteiger partial charge on any atom is 0.261 e. The van der Waals surface area contributed by atoms with Gasteiger partial charge in [-0.15, -0.1) is 0 Å². The van der Waals surface area contributed by atoms with Gasteiger partial charge in [0.25, 0.3) is 10.0 Å². The van der Waals surface area contributed by atoms with Crippen LogP contribution in [0.25, 0.3) is 11.3 Å². The van der Waals surface area contributed by atoms with Crippen LogP contribution in [-0.2, 0) is 23.0 Å². The van der Waals surface area contributed by atoms with E-state index in [1.165, 1.54) is 0 Å². The number of hydrogen-bond donors (Lipinski definition) is 1. The Bertz CT molecular complexity index is 1100. The van der Waals surface area contributed by atoms with Crippen LogP contribution in [0.2, 0.25) is 0 Å². The molecule has 0 saturated carbocycles. The first-order valence-corrected chi connectivity index (χ1v) is 10.3. The normalized spacial score (nSPS) is 13.4. The van der Waals surface area contributed by atoms with Gasteiger partial charge in [-0.2, -0.15) is 0 Å². The fourth-order valence-corrected chi connectivity index (χ4v) is 4.60. The molecule has 6 nitrogen and oxygen atoms in total. The van der Waals surface area contributed by atoms with E-state index in [2.05, 4.69) is 14.3 Å². The number of nitrogens with zero attached hydrogens (tertiary/aromatic N) is 2. The summed E-state index contributed by atoms with van der Waals surface area (Å²) < 4.78 is 35.6. The van der Waals surface area contributed by atoms with E-state index in [0.717, 1.165) is 42.0 Å². The van der Waals surface area contributed by atoms with Crippen LogP contribution in [0.3, 0.4) is 0 Å². The Morgan fingerprint density at radius 2 is 2.04 bits per heavy atom.